The molecule has 0 aliphatic carbocycles. The zero-order valence-electron chi connectivity index (χ0n) is 14.8. The summed E-state index contributed by atoms with van der Waals surface area (Å²) in [7, 11) is 2.17. The summed E-state index contributed by atoms with van der Waals surface area (Å²) < 4.78 is 2.11. The van der Waals surface area contributed by atoms with Crippen molar-refractivity contribution in [3.05, 3.63) is 54.1 Å². The van der Waals surface area contributed by atoms with Crippen LogP contribution < -0.4 is 4.90 Å². The number of aryl methyl sites for hydroxylation is 1. The van der Waals surface area contributed by atoms with Crippen molar-refractivity contribution in [2.45, 2.75) is 32.4 Å². The lowest BCUT2D eigenvalue weighted by atomic mass is 10.2. The average Bonchev–Trinajstić information content (AvgIpc) is 3.23. The highest BCUT2D eigenvalue weighted by Crippen LogP contribution is 2.24. The molecule has 0 radical (unpaired) electrons. The topological polar surface area (TPSA) is 49.6 Å². The zero-order valence-corrected chi connectivity index (χ0v) is 14.8. The van der Waals surface area contributed by atoms with Crippen molar-refractivity contribution < 1.29 is 0 Å². The van der Waals surface area contributed by atoms with Crippen LogP contribution in [0.3, 0.4) is 0 Å². The van der Waals surface area contributed by atoms with Crippen molar-refractivity contribution in [2.24, 2.45) is 0 Å². The molecule has 6 heteroatoms. The van der Waals surface area contributed by atoms with Crippen LogP contribution in [0.2, 0.25) is 0 Å². The Morgan fingerprint density at radius 2 is 2.20 bits per heavy atom. The van der Waals surface area contributed by atoms with Gasteiger partial charge < -0.3 is 9.30 Å². The first kappa shape index (κ1) is 16.0. The standard InChI is InChI=1S/C19H24N6/c1-15-6-4-10-24-13-16(21-19(15)24)12-23(2)14-17-7-5-11-25(17)18-8-3-9-20-22-18/h3-4,6,8-10,13,17H,5,7,11-12,14H2,1-2H3/t17-/m0/s1. The van der Waals surface area contributed by atoms with E-state index in [4.69, 9.17) is 4.98 Å². The third-order valence-electron chi connectivity index (χ3n) is 4.91. The van der Waals surface area contributed by atoms with Crippen molar-refractivity contribution in [3.8, 4) is 0 Å². The van der Waals surface area contributed by atoms with Crippen LogP contribution in [-0.2, 0) is 6.54 Å². The van der Waals surface area contributed by atoms with E-state index in [1.165, 1.54) is 18.4 Å². The van der Waals surface area contributed by atoms with Gasteiger partial charge in [-0.2, -0.15) is 5.10 Å². The summed E-state index contributed by atoms with van der Waals surface area (Å²) in [6.07, 6.45) is 8.33. The van der Waals surface area contributed by atoms with Crippen molar-refractivity contribution >= 4 is 11.5 Å². The quantitative estimate of drug-likeness (QED) is 0.717. The minimum Gasteiger partial charge on any atom is -0.351 e. The Bertz CT molecular complexity index is 844. The molecule has 0 amide bonds. The molecule has 6 nitrogen and oxygen atoms in total. The number of anilines is 1. The van der Waals surface area contributed by atoms with Crippen LogP contribution in [0.15, 0.2) is 42.9 Å². The van der Waals surface area contributed by atoms with E-state index < -0.39 is 0 Å². The summed E-state index contributed by atoms with van der Waals surface area (Å²) in [6.45, 7) is 5.02. The molecule has 3 aromatic heterocycles. The second kappa shape index (κ2) is 6.80. The first-order valence-electron chi connectivity index (χ1n) is 8.87. The summed E-state index contributed by atoms with van der Waals surface area (Å²) in [5, 5.41) is 8.31. The summed E-state index contributed by atoms with van der Waals surface area (Å²) in [5.41, 5.74) is 3.37. The zero-order chi connectivity index (χ0) is 17.2. The molecule has 4 rings (SSSR count). The average molecular weight is 336 g/mol. The molecule has 1 aliphatic heterocycles. The third-order valence-corrected chi connectivity index (χ3v) is 4.91. The van der Waals surface area contributed by atoms with Crippen LogP contribution in [0, 0.1) is 6.92 Å². The van der Waals surface area contributed by atoms with E-state index in [0.29, 0.717) is 6.04 Å². The third kappa shape index (κ3) is 3.35. The molecule has 0 N–H and O–H groups in total. The van der Waals surface area contributed by atoms with Gasteiger partial charge in [0.2, 0.25) is 0 Å². The molecule has 1 aliphatic rings. The molecule has 1 fully saturated rings. The Labute approximate surface area is 148 Å². The van der Waals surface area contributed by atoms with Gasteiger partial charge in [-0.15, -0.1) is 5.10 Å². The molecular formula is C19H24N6. The molecule has 0 spiro atoms. The van der Waals surface area contributed by atoms with E-state index >= 15 is 0 Å². The van der Waals surface area contributed by atoms with Gasteiger partial charge in [0.05, 0.1) is 5.69 Å². The smallest absolute Gasteiger partial charge is 0.151 e. The molecule has 3 aromatic rings. The van der Waals surface area contributed by atoms with Gasteiger partial charge >= 0.3 is 0 Å². The van der Waals surface area contributed by atoms with Gasteiger partial charge in [0.1, 0.15) is 5.65 Å². The molecule has 4 heterocycles. The predicted octanol–water partition coefficient (Wildman–Crippen LogP) is 2.53. The number of fused-ring (bicyclic) bond motifs is 1. The molecule has 0 unspecified atom stereocenters. The highest BCUT2D eigenvalue weighted by molar-refractivity contribution is 5.47. The minimum absolute atomic E-state index is 0.487. The number of hydrogen-bond donors (Lipinski definition) is 0. The Kier molecular flexibility index (Phi) is 4.36. The largest absolute Gasteiger partial charge is 0.351 e. The Morgan fingerprint density at radius 3 is 3.00 bits per heavy atom. The Morgan fingerprint density at radius 1 is 1.28 bits per heavy atom. The van der Waals surface area contributed by atoms with E-state index in [1.807, 2.05) is 6.07 Å². The van der Waals surface area contributed by atoms with Crippen LogP contribution in [0.1, 0.15) is 24.1 Å². The lowest BCUT2D eigenvalue weighted by molar-refractivity contribution is 0.300. The highest BCUT2D eigenvalue weighted by atomic mass is 15.3. The molecule has 25 heavy (non-hydrogen) atoms. The van der Waals surface area contributed by atoms with Gasteiger partial charge in [-0.3, -0.25) is 4.90 Å². The van der Waals surface area contributed by atoms with Crippen molar-refractivity contribution in [1.82, 2.24) is 24.5 Å². The SMILES string of the molecule is Cc1cccn2cc(CN(C)C[C@@H]3CCCN3c3cccnn3)nc12. The fourth-order valence-electron chi connectivity index (χ4n) is 3.76. The molecule has 0 aromatic carbocycles. The number of likely N-dealkylation sites (N-methyl/N-ethyl adjacent to an activating group) is 1. The van der Waals surface area contributed by atoms with Gasteiger partial charge in [-0.1, -0.05) is 6.07 Å². The summed E-state index contributed by atoms with van der Waals surface area (Å²) >= 11 is 0. The van der Waals surface area contributed by atoms with E-state index in [1.54, 1.807) is 6.20 Å². The number of aromatic nitrogens is 4. The van der Waals surface area contributed by atoms with E-state index in [0.717, 1.165) is 36.8 Å². The normalized spacial score (nSPS) is 17.7. The van der Waals surface area contributed by atoms with Gasteiger partial charge in [-0.25, -0.2) is 4.98 Å². The molecule has 0 bridgehead atoms. The van der Waals surface area contributed by atoms with Crippen LogP contribution in [-0.4, -0.2) is 50.7 Å². The first-order chi connectivity index (χ1) is 12.2. The van der Waals surface area contributed by atoms with Gasteiger partial charge in [0.15, 0.2) is 5.82 Å². The molecule has 130 valence electrons. The maximum absolute atomic E-state index is 4.79. The number of rotatable bonds is 5. The second-order valence-corrected chi connectivity index (χ2v) is 6.92. The number of imidazole rings is 1. The van der Waals surface area contributed by atoms with Crippen LogP contribution in [0.25, 0.3) is 5.65 Å². The van der Waals surface area contributed by atoms with E-state index in [2.05, 4.69) is 69.0 Å². The van der Waals surface area contributed by atoms with Crippen LogP contribution >= 0.6 is 0 Å². The van der Waals surface area contributed by atoms with Gasteiger partial charge in [0, 0.05) is 44.3 Å². The highest BCUT2D eigenvalue weighted by Gasteiger charge is 2.27. The maximum Gasteiger partial charge on any atom is 0.151 e. The summed E-state index contributed by atoms with van der Waals surface area (Å²) in [5.74, 6) is 0.988. The fraction of sp³-hybridized carbons (Fsp3) is 0.421. The monoisotopic (exact) mass is 336 g/mol. The van der Waals surface area contributed by atoms with Gasteiger partial charge in [0.25, 0.3) is 0 Å². The Balaban J connectivity index is 1.44. The maximum atomic E-state index is 4.79. The first-order valence-corrected chi connectivity index (χ1v) is 8.87. The lowest BCUT2D eigenvalue weighted by Crippen LogP contribution is -2.39. The van der Waals surface area contributed by atoms with E-state index in [9.17, 15) is 0 Å². The van der Waals surface area contributed by atoms with Crippen LogP contribution in [0.4, 0.5) is 5.82 Å². The number of pyridine rings is 1. The summed E-state index contributed by atoms with van der Waals surface area (Å²) in [4.78, 5) is 9.53. The molecular weight excluding hydrogens is 312 g/mol. The van der Waals surface area contributed by atoms with Crippen LogP contribution in [0.5, 0.6) is 0 Å². The van der Waals surface area contributed by atoms with Crippen molar-refractivity contribution in [2.75, 3.05) is 25.0 Å². The summed E-state index contributed by atoms with van der Waals surface area (Å²) in [6, 6.07) is 8.67. The second-order valence-electron chi connectivity index (χ2n) is 6.92. The fourth-order valence-corrected chi connectivity index (χ4v) is 3.76. The minimum atomic E-state index is 0.487. The van der Waals surface area contributed by atoms with Gasteiger partial charge in [-0.05, 0) is 50.6 Å². The Hall–Kier alpha value is -2.47. The van der Waals surface area contributed by atoms with E-state index in [-0.39, 0.29) is 0 Å². The molecule has 0 saturated carbocycles. The number of hydrogen-bond acceptors (Lipinski definition) is 5. The van der Waals surface area contributed by atoms with Crippen molar-refractivity contribution in [1.29, 1.82) is 0 Å². The molecule has 1 saturated heterocycles. The number of nitrogens with zero attached hydrogens (tertiary/aromatic N) is 6. The van der Waals surface area contributed by atoms with Crippen molar-refractivity contribution in [3.63, 3.8) is 0 Å². The lowest BCUT2D eigenvalue weighted by Gasteiger charge is -2.28. The molecule has 1 atom stereocenters. The predicted molar refractivity (Wildman–Crippen MR) is 98.7 cm³/mol.